The molecule has 3 atom stereocenters. The van der Waals surface area contributed by atoms with Gasteiger partial charge in [-0.1, -0.05) is 39.3 Å². The Morgan fingerprint density at radius 1 is 1.00 bits per heavy atom. The van der Waals surface area contributed by atoms with Gasteiger partial charge >= 0.3 is 0 Å². The Kier molecular flexibility index (Phi) is 4.97. The van der Waals surface area contributed by atoms with E-state index in [1.165, 1.54) is 5.56 Å². The van der Waals surface area contributed by atoms with Crippen LogP contribution in [0.4, 0.5) is 0 Å². The Balaban J connectivity index is 1.75. The number of fused-ring (bicyclic) bond motifs is 3. The van der Waals surface area contributed by atoms with Gasteiger partial charge in [-0.15, -0.1) is 0 Å². The van der Waals surface area contributed by atoms with Gasteiger partial charge in [0.2, 0.25) is 0 Å². The monoisotopic (exact) mass is 370 g/mol. The van der Waals surface area contributed by atoms with Gasteiger partial charge in [-0.25, -0.2) is 5.01 Å². The average molecular weight is 370 g/mol. The van der Waals surface area contributed by atoms with E-state index in [2.05, 4.69) is 32.9 Å². The minimum atomic E-state index is -0.678. The molecule has 3 aliphatic heterocycles. The van der Waals surface area contributed by atoms with E-state index in [-0.39, 0.29) is 17.9 Å². The van der Waals surface area contributed by atoms with E-state index in [9.17, 15) is 9.59 Å². The number of benzene rings is 1. The summed E-state index contributed by atoms with van der Waals surface area (Å²) in [5.41, 5.74) is 4.59. The second kappa shape index (κ2) is 7.27. The highest BCUT2D eigenvalue weighted by atomic mass is 16.5. The molecule has 2 amide bonds. The van der Waals surface area contributed by atoms with Crippen LogP contribution in [0, 0.1) is 5.92 Å². The molecule has 3 fully saturated rings. The summed E-state index contributed by atoms with van der Waals surface area (Å²) in [6, 6.07) is 4.43. The summed E-state index contributed by atoms with van der Waals surface area (Å²) in [6.45, 7) is 8.23. The zero-order valence-electron chi connectivity index (χ0n) is 16.7. The molecule has 0 radical (unpaired) electrons. The molecule has 27 heavy (non-hydrogen) atoms. The molecule has 0 saturated carbocycles. The van der Waals surface area contributed by atoms with Gasteiger partial charge < -0.3 is 4.74 Å². The zero-order valence-corrected chi connectivity index (χ0v) is 16.7. The second-order valence-corrected chi connectivity index (χ2v) is 8.12. The first kappa shape index (κ1) is 18.5. The number of rotatable bonds is 5. The number of hydrogen-bond donors (Lipinski definition) is 0. The Hall–Kier alpha value is -1.88. The van der Waals surface area contributed by atoms with Gasteiger partial charge in [0.15, 0.2) is 0 Å². The van der Waals surface area contributed by atoms with E-state index < -0.39 is 5.92 Å². The molecule has 3 saturated heterocycles. The third-order valence-electron chi connectivity index (χ3n) is 6.27. The van der Waals surface area contributed by atoms with Crippen molar-refractivity contribution in [1.82, 2.24) is 10.0 Å². The quantitative estimate of drug-likeness (QED) is 0.749. The van der Waals surface area contributed by atoms with Crippen molar-refractivity contribution in [2.75, 3.05) is 19.7 Å². The number of amides is 2. The first-order valence-electron chi connectivity index (χ1n) is 10.5. The predicted molar refractivity (Wildman–Crippen MR) is 103 cm³/mol. The number of carbonyl (C=O) groups excluding carboxylic acids is 2. The summed E-state index contributed by atoms with van der Waals surface area (Å²) in [5, 5.41) is 3.40. The molecule has 1 aromatic rings. The number of hydrogen-bond acceptors (Lipinski definition) is 3. The summed E-state index contributed by atoms with van der Waals surface area (Å²) in [6.07, 6.45) is 4.82. The first-order valence-corrected chi connectivity index (χ1v) is 10.5. The minimum absolute atomic E-state index is 0.0415. The molecule has 0 aromatic heterocycles. The largest absolute Gasteiger partial charge is 0.376 e. The molecule has 5 heteroatoms. The van der Waals surface area contributed by atoms with E-state index in [4.69, 9.17) is 4.74 Å². The van der Waals surface area contributed by atoms with Crippen LogP contribution in [0.2, 0.25) is 0 Å². The molecule has 3 aliphatic rings. The number of hydrazine groups is 1. The lowest BCUT2D eigenvalue weighted by Crippen LogP contribution is -2.45. The van der Waals surface area contributed by atoms with Crippen molar-refractivity contribution in [1.29, 1.82) is 0 Å². The smallest absolute Gasteiger partial charge is 0.258 e. The first-order chi connectivity index (χ1) is 13.1. The molecule has 0 N–H and O–H groups in total. The van der Waals surface area contributed by atoms with Crippen LogP contribution < -0.4 is 0 Å². The Morgan fingerprint density at radius 2 is 1.63 bits per heavy atom. The van der Waals surface area contributed by atoms with Gasteiger partial charge in [0.05, 0.1) is 19.3 Å². The predicted octanol–water partition coefficient (Wildman–Crippen LogP) is 2.85. The maximum Gasteiger partial charge on any atom is 0.258 e. The Bertz CT molecular complexity index is 705. The van der Waals surface area contributed by atoms with Crippen LogP contribution in [-0.2, 0) is 33.6 Å². The lowest BCUT2D eigenvalue weighted by molar-refractivity contribution is -0.151. The maximum absolute atomic E-state index is 13.3. The SMILES string of the molecule is CCCc1cc(CC)c(C2C(=O)N3CC4COC(C4)CN3C2=O)c(CC)c1. The standard InChI is InChI=1S/C22H30N2O3/c1-4-7-14-8-16(5-2)19(17(6-3)9-14)20-21(25)23-11-15-10-18(27-13-15)12-24(23)22(20)26/h8-9,15,18,20H,4-7,10-13H2,1-3H3. The fraction of sp³-hybridized carbons (Fsp3) is 0.636. The average Bonchev–Trinajstić information content (AvgIpc) is 3.11. The van der Waals surface area contributed by atoms with Crippen LogP contribution in [-0.4, -0.2) is 47.6 Å². The van der Waals surface area contributed by atoms with Crippen molar-refractivity contribution in [3.05, 3.63) is 34.4 Å². The molecule has 3 unspecified atom stereocenters. The van der Waals surface area contributed by atoms with E-state index in [1.54, 1.807) is 10.0 Å². The van der Waals surface area contributed by atoms with Crippen molar-refractivity contribution in [3.63, 3.8) is 0 Å². The fourth-order valence-electron chi connectivity index (χ4n) is 4.98. The van der Waals surface area contributed by atoms with Gasteiger partial charge in [-0.3, -0.25) is 14.6 Å². The number of nitrogens with zero attached hydrogens (tertiary/aromatic N) is 2. The van der Waals surface area contributed by atoms with Crippen molar-refractivity contribution < 1.29 is 14.3 Å². The van der Waals surface area contributed by atoms with Crippen molar-refractivity contribution >= 4 is 11.8 Å². The normalized spacial score (nSPS) is 27.3. The van der Waals surface area contributed by atoms with Crippen LogP contribution in [0.15, 0.2) is 12.1 Å². The summed E-state index contributed by atoms with van der Waals surface area (Å²) in [5.74, 6) is -0.439. The van der Waals surface area contributed by atoms with Crippen LogP contribution in [0.3, 0.4) is 0 Å². The molecule has 4 rings (SSSR count). The molecular formula is C22H30N2O3. The molecule has 1 aromatic carbocycles. The third kappa shape index (κ3) is 3.06. The highest BCUT2D eigenvalue weighted by Gasteiger charge is 2.51. The second-order valence-electron chi connectivity index (χ2n) is 8.12. The highest BCUT2D eigenvalue weighted by molar-refractivity contribution is 6.10. The zero-order chi connectivity index (χ0) is 19.1. The molecule has 2 bridgehead atoms. The maximum atomic E-state index is 13.3. The molecule has 0 aliphatic carbocycles. The molecule has 0 spiro atoms. The minimum Gasteiger partial charge on any atom is -0.376 e. The summed E-state index contributed by atoms with van der Waals surface area (Å²) >= 11 is 0. The number of ether oxygens (including phenoxy) is 1. The van der Waals surface area contributed by atoms with Crippen molar-refractivity contribution in [3.8, 4) is 0 Å². The van der Waals surface area contributed by atoms with Crippen LogP contribution in [0.25, 0.3) is 0 Å². The van der Waals surface area contributed by atoms with Gasteiger partial charge in [0, 0.05) is 12.5 Å². The van der Waals surface area contributed by atoms with Crippen molar-refractivity contribution in [2.24, 2.45) is 5.92 Å². The van der Waals surface area contributed by atoms with E-state index in [1.807, 2.05) is 0 Å². The van der Waals surface area contributed by atoms with E-state index >= 15 is 0 Å². The number of carbonyl (C=O) groups is 2. The summed E-state index contributed by atoms with van der Waals surface area (Å²) in [7, 11) is 0. The van der Waals surface area contributed by atoms with Gasteiger partial charge in [0.1, 0.15) is 5.92 Å². The van der Waals surface area contributed by atoms with Gasteiger partial charge in [-0.05, 0) is 47.9 Å². The van der Waals surface area contributed by atoms with Crippen LogP contribution >= 0.6 is 0 Å². The highest BCUT2D eigenvalue weighted by Crippen LogP contribution is 2.38. The fourth-order valence-corrected chi connectivity index (χ4v) is 4.98. The third-order valence-corrected chi connectivity index (χ3v) is 6.27. The number of aryl methyl sites for hydroxylation is 3. The van der Waals surface area contributed by atoms with E-state index in [0.29, 0.717) is 25.6 Å². The molecule has 5 nitrogen and oxygen atoms in total. The van der Waals surface area contributed by atoms with Gasteiger partial charge in [0.25, 0.3) is 11.8 Å². The Labute approximate surface area is 161 Å². The summed E-state index contributed by atoms with van der Waals surface area (Å²) in [4.78, 5) is 26.7. The van der Waals surface area contributed by atoms with Gasteiger partial charge in [-0.2, -0.15) is 0 Å². The molecular weight excluding hydrogens is 340 g/mol. The van der Waals surface area contributed by atoms with E-state index in [0.717, 1.165) is 48.8 Å². The lowest BCUT2D eigenvalue weighted by Gasteiger charge is -2.29. The summed E-state index contributed by atoms with van der Waals surface area (Å²) < 4.78 is 5.79. The van der Waals surface area contributed by atoms with Crippen LogP contribution in [0.1, 0.15) is 61.8 Å². The molecule has 3 heterocycles. The topological polar surface area (TPSA) is 49.9 Å². The molecule has 146 valence electrons. The van der Waals surface area contributed by atoms with Crippen molar-refractivity contribution in [2.45, 2.75) is 64.9 Å². The van der Waals surface area contributed by atoms with Crippen LogP contribution in [0.5, 0.6) is 0 Å². The lowest BCUT2D eigenvalue weighted by atomic mass is 9.84. The Morgan fingerprint density at radius 3 is 2.22 bits per heavy atom.